The number of aromatic amines is 1. The molecule has 2 aliphatic rings. The van der Waals surface area contributed by atoms with Crippen molar-refractivity contribution in [2.45, 2.75) is 24.7 Å². The van der Waals surface area contributed by atoms with Gasteiger partial charge in [-0.15, -0.1) is 0 Å². The molecule has 4 aromatic rings. The Hall–Kier alpha value is -3.44. The van der Waals surface area contributed by atoms with Crippen molar-refractivity contribution in [2.24, 2.45) is 0 Å². The van der Waals surface area contributed by atoms with Gasteiger partial charge in [0.25, 0.3) is 6.01 Å². The molecule has 6 rings (SSSR count). The summed E-state index contributed by atoms with van der Waals surface area (Å²) in [7, 11) is 0. The summed E-state index contributed by atoms with van der Waals surface area (Å²) in [5.41, 5.74) is 5.18. The molecule has 33 heavy (non-hydrogen) atoms. The monoisotopic (exact) mass is 458 g/mol. The number of nitrogens with zero attached hydrogens (tertiary/aromatic N) is 3. The molecule has 0 bridgehead atoms. The van der Waals surface area contributed by atoms with Crippen molar-refractivity contribution in [3.8, 4) is 34.5 Å². The first-order chi connectivity index (χ1) is 16.2. The predicted octanol–water partition coefficient (Wildman–Crippen LogP) is 4.75. The topological polar surface area (TPSA) is 93.1 Å². The van der Waals surface area contributed by atoms with E-state index in [-0.39, 0.29) is 18.3 Å². The number of aromatic nitrogens is 3. The minimum Gasteiger partial charge on any atom is -0.456 e. The number of imidazole rings is 1. The molecule has 0 radical (unpaired) electrons. The fourth-order valence-corrected chi connectivity index (χ4v) is 4.73. The van der Waals surface area contributed by atoms with E-state index in [0.717, 1.165) is 23.1 Å². The number of rotatable bonds is 4. The van der Waals surface area contributed by atoms with Gasteiger partial charge in [-0.25, -0.2) is 4.98 Å². The molecule has 8 heteroatoms. The zero-order valence-electron chi connectivity index (χ0n) is 17.5. The number of nitrogens with one attached hydrogen (secondary N) is 1. The molecule has 164 valence electrons. The van der Waals surface area contributed by atoms with Crippen LogP contribution in [0.15, 0.2) is 54.6 Å². The summed E-state index contributed by atoms with van der Waals surface area (Å²) in [6.07, 6.45) is 0.736. The molecule has 7 nitrogen and oxygen atoms in total. The molecule has 3 atom stereocenters. The summed E-state index contributed by atoms with van der Waals surface area (Å²) in [6, 6.07) is 19.8. The quantitative estimate of drug-likeness (QED) is 0.474. The standard InChI is InChI=1S/C25H19ClN4O3/c26-18-11-19-24(30-25(28-19)33-21-13-32-20-9-10-31-23(20)21)29-22(18)15-7-5-14(6-8-15)17-4-2-1-3-16(17)12-27/h1-8,11,20-21,23H,9-10,13H2,(H,28,29,30)/t20-,21?,23+/m1/s1. The highest BCUT2D eigenvalue weighted by Gasteiger charge is 2.43. The first-order valence-corrected chi connectivity index (χ1v) is 11.1. The summed E-state index contributed by atoms with van der Waals surface area (Å²) in [5, 5.41) is 9.88. The largest absolute Gasteiger partial charge is 0.456 e. The van der Waals surface area contributed by atoms with Crippen molar-refractivity contribution in [3.63, 3.8) is 0 Å². The number of pyridine rings is 1. The maximum absolute atomic E-state index is 9.37. The fourth-order valence-electron chi connectivity index (χ4n) is 4.47. The van der Waals surface area contributed by atoms with Crippen molar-refractivity contribution >= 4 is 22.8 Å². The number of hydrogen-bond acceptors (Lipinski definition) is 6. The van der Waals surface area contributed by atoms with Gasteiger partial charge in [0, 0.05) is 12.2 Å². The lowest BCUT2D eigenvalue weighted by Gasteiger charge is -2.15. The van der Waals surface area contributed by atoms with E-state index in [1.807, 2.05) is 48.5 Å². The van der Waals surface area contributed by atoms with Crippen LogP contribution in [-0.2, 0) is 9.47 Å². The molecule has 2 aromatic heterocycles. The van der Waals surface area contributed by atoms with E-state index in [1.165, 1.54) is 0 Å². The van der Waals surface area contributed by atoms with Gasteiger partial charge in [0.15, 0.2) is 11.8 Å². The highest BCUT2D eigenvalue weighted by molar-refractivity contribution is 6.33. The number of H-pyrrole nitrogens is 1. The Kier molecular flexibility index (Phi) is 4.99. The van der Waals surface area contributed by atoms with Crippen molar-refractivity contribution in [1.82, 2.24) is 15.0 Å². The Morgan fingerprint density at radius 3 is 2.73 bits per heavy atom. The Bertz CT molecular complexity index is 1380. The fraction of sp³-hybridized carbons (Fsp3) is 0.240. The average molecular weight is 459 g/mol. The molecule has 0 spiro atoms. The molecule has 2 saturated heterocycles. The highest BCUT2D eigenvalue weighted by atomic mass is 35.5. The van der Waals surface area contributed by atoms with Crippen LogP contribution in [0.2, 0.25) is 5.02 Å². The zero-order chi connectivity index (χ0) is 22.4. The molecule has 0 amide bonds. The molecular weight excluding hydrogens is 440 g/mol. The van der Waals surface area contributed by atoms with Gasteiger partial charge in [0.2, 0.25) is 0 Å². The van der Waals surface area contributed by atoms with Crippen LogP contribution in [0.3, 0.4) is 0 Å². The third-order valence-corrected chi connectivity index (χ3v) is 6.39. The van der Waals surface area contributed by atoms with Crippen LogP contribution in [0.5, 0.6) is 6.01 Å². The van der Waals surface area contributed by atoms with Crippen LogP contribution in [0.4, 0.5) is 0 Å². The second-order valence-electron chi connectivity index (χ2n) is 8.12. The normalized spacial score (nSPS) is 21.8. The second-order valence-corrected chi connectivity index (χ2v) is 8.53. The summed E-state index contributed by atoms with van der Waals surface area (Å²) in [4.78, 5) is 12.3. The van der Waals surface area contributed by atoms with Crippen LogP contribution in [0.1, 0.15) is 12.0 Å². The van der Waals surface area contributed by atoms with Gasteiger partial charge in [-0.3, -0.25) is 0 Å². The number of hydrogen-bond donors (Lipinski definition) is 1. The van der Waals surface area contributed by atoms with E-state index < -0.39 is 0 Å². The lowest BCUT2D eigenvalue weighted by Crippen LogP contribution is -2.32. The Balaban J connectivity index is 1.28. The lowest BCUT2D eigenvalue weighted by molar-refractivity contribution is 0.0273. The van der Waals surface area contributed by atoms with Crippen LogP contribution in [0, 0.1) is 11.3 Å². The van der Waals surface area contributed by atoms with Gasteiger partial charge < -0.3 is 19.2 Å². The Labute approximate surface area is 194 Å². The predicted molar refractivity (Wildman–Crippen MR) is 123 cm³/mol. The van der Waals surface area contributed by atoms with Gasteiger partial charge in [-0.2, -0.15) is 10.2 Å². The van der Waals surface area contributed by atoms with E-state index in [2.05, 4.69) is 21.0 Å². The Morgan fingerprint density at radius 2 is 1.88 bits per heavy atom. The molecule has 0 saturated carbocycles. The SMILES string of the molecule is N#Cc1ccccc1-c1ccc(-c2nc3nc(OC4CO[C@@H]5CCO[C@H]45)[nH]c3cc2Cl)cc1. The van der Waals surface area contributed by atoms with E-state index >= 15 is 0 Å². The third-order valence-electron chi connectivity index (χ3n) is 6.10. The lowest BCUT2D eigenvalue weighted by atomic mass is 9.98. The number of halogens is 1. The molecular formula is C25H19ClN4O3. The van der Waals surface area contributed by atoms with Crippen LogP contribution < -0.4 is 4.74 Å². The molecule has 1 unspecified atom stereocenters. The van der Waals surface area contributed by atoms with E-state index in [1.54, 1.807) is 6.07 Å². The molecule has 2 fully saturated rings. The number of nitriles is 1. The molecule has 1 N–H and O–H groups in total. The van der Waals surface area contributed by atoms with Crippen molar-refractivity contribution in [3.05, 3.63) is 65.2 Å². The van der Waals surface area contributed by atoms with Gasteiger partial charge >= 0.3 is 0 Å². The molecule has 2 aliphatic heterocycles. The van der Waals surface area contributed by atoms with E-state index in [4.69, 9.17) is 25.8 Å². The van der Waals surface area contributed by atoms with Crippen LogP contribution in [0.25, 0.3) is 33.5 Å². The average Bonchev–Trinajstić information content (AvgIpc) is 3.56. The minimum atomic E-state index is -0.197. The third kappa shape index (κ3) is 3.62. The van der Waals surface area contributed by atoms with Crippen molar-refractivity contribution < 1.29 is 14.2 Å². The second kappa shape index (κ2) is 8.16. The number of benzene rings is 2. The van der Waals surface area contributed by atoms with Gasteiger partial charge in [0.05, 0.1) is 40.6 Å². The zero-order valence-corrected chi connectivity index (χ0v) is 18.2. The molecule has 4 heterocycles. The maximum Gasteiger partial charge on any atom is 0.296 e. The van der Waals surface area contributed by atoms with Gasteiger partial charge in [-0.1, -0.05) is 54.1 Å². The highest BCUT2D eigenvalue weighted by Crippen LogP contribution is 2.33. The summed E-state index contributed by atoms with van der Waals surface area (Å²) in [5.74, 6) is 0. The summed E-state index contributed by atoms with van der Waals surface area (Å²) < 4.78 is 17.5. The summed E-state index contributed by atoms with van der Waals surface area (Å²) in [6.45, 7) is 1.17. The molecule has 0 aliphatic carbocycles. The Morgan fingerprint density at radius 1 is 1.06 bits per heavy atom. The minimum absolute atomic E-state index is 0.0602. The van der Waals surface area contributed by atoms with Crippen LogP contribution in [-0.4, -0.2) is 46.5 Å². The smallest absolute Gasteiger partial charge is 0.296 e. The maximum atomic E-state index is 9.37. The molecule has 2 aromatic carbocycles. The summed E-state index contributed by atoms with van der Waals surface area (Å²) >= 11 is 6.56. The first-order valence-electron chi connectivity index (χ1n) is 10.8. The van der Waals surface area contributed by atoms with Gasteiger partial charge in [0.1, 0.15) is 6.10 Å². The number of fused-ring (bicyclic) bond motifs is 2. The van der Waals surface area contributed by atoms with Crippen molar-refractivity contribution in [1.29, 1.82) is 5.26 Å². The first kappa shape index (κ1) is 20.2. The van der Waals surface area contributed by atoms with Crippen molar-refractivity contribution in [2.75, 3.05) is 13.2 Å². The van der Waals surface area contributed by atoms with E-state index in [9.17, 15) is 5.26 Å². The van der Waals surface area contributed by atoms with E-state index in [0.29, 0.717) is 46.7 Å². The van der Waals surface area contributed by atoms with Gasteiger partial charge in [-0.05, 0) is 29.7 Å². The van der Waals surface area contributed by atoms with Crippen LogP contribution >= 0.6 is 11.6 Å². The number of ether oxygens (including phenoxy) is 3.